The van der Waals surface area contributed by atoms with E-state index in [2.05, 4.69) is 42.0 Å². The van der Waals surface area contributed by atoms with Crippen molar-refractivity contribution in [1.29, 1.82) is 0 Å². The van der Waals surface area contributed by atoms with Gasteiger partial charge in [-0.1, -0.05) is 6.92 Å². The van der Waals surface area contributed by atoms with Gasteiger partial charge in [-0.2, -0.15) is 0 Å². The van der Waals surface area contributed by atoms with Crippen molar-refractivity contribution in [3.8, 4) is 0 Å². The average Bonchev–Trinajstić information content (AvgIpc) is 2.91. The van der Waals surface area contributed by atoms with Crippen molar-refractivity contribution in [3.05, 3.63) is 11.9 Å². The first-order chi connectivity index (χ1) is 8.67. The zero-order valence-electron chi connectivity index (χ0n) is 11.7. The normalized spacial score (nSPS) is 30.7. The molecule has 4 nitrogen and oxygen atoms in total. The second-order valence-electron chi connectivity index (χ2n) is 5.87. The summed E-state index contributed by atoms with van der Waals surface area (Å²) >= 11 is 0. The number of aromatic nitrogens is 2. The van der Waals surface area contributed by atoms with Gasteiger partial charge in [0.2, 0.25) is 5.95 Å². The van der Waals surface area contributed by atoms with E-state index in [1.54, 1.807) is 0 Å². The first-order valence-corrected chi connectivity index (χ1v) is 7.18. The summed E-state index contributed by atoms with van der Waals surface area (Å²) in [6.07, 6.45) is 8.41. The highest BCUT2D eigenvalue weighted by molar-refractivity contribution is 5.34. The fourth-order valence-corrected chi connectivity index (χ4v) is 3.52. The van der Waals surface area contributed by atoms with Crippen LogP contribution in [0.4, 0.5) is 5.95 Å². The molecular weight excluding hydrogens is 224 g/mol. The molecule has 0 spiro atoms. The highest BCUT2D eigenvalue weighted by atomic mass is 15.3. The SMILES string of the molecule is CCc1cn(C)c(N(C)C2CC3CCC(C2)N3)n1. The summed E-state index contributed by atoms with van der Waals surface area (Å²) in [5, 5.41) is 3.70. The average molecular weight is 248 g/mol. The van der Waals surface area contributed by atoms with Gasteiger partial charge in [-0.05, 0) is 32.1 Å². The van der Waals surface area contributed by atoms with E-state index >= 15 is 0 Å². The number of nitrogens with zero attached hydrogens (tertiary/aromatic N) is 3. The number of rotatable bonds is 3. The fourth-order valence-electron chi connectivity index (χ4n) is 3.52. The molecular formula is C14H24N4. The summed E-state index contributed by atoms with van der Waals surface area (Å²) in [7, 11) is 4.31. The molecule has 0 radical (unpaired) electrons. The lowest BCUT2D eigenvalue weighted by atomic mass is 9.99. The van der Waals surface area contributed by atoms with Gasteiger partial charge in [-0.25, -0.2) is 4.98 Å². The van der Waals surface area contributed by atoms with Crippen LogP contribution in [-0.2, 0) is 13.5 Å². The van der Waals surface area contributed by atoms with E-state index in [1.165, 1.54) is 31.4 Å². The molecule has 0 saturated carbocycles. The van der Waals surface area contributed by atoms with E-state index < -0.39 is 0 Å². The molecule has 3 heterocycles. The van der Waals surface area contributed by atoms with E-state index in [-0.39, 0.29) is 0 Å². The van der Waals surface area contributed by atoms with Gasteiger partial charge in [0.05, 0.1) is 5.69 Å². The zero-order chi connectivity index (χ0) is 12.7. The Kier molecular flexibility index (Phi) is 3.06. The number of aryl methyl sites for hydroxylation is 2. The van der Waals surface area contributed by atoms with Crippen molar-refractivity contribution in [2.45, 2.75) is 57.2 Å². The molecule has 2 bridgehead atoms. The lowest BCUT2D eigenvalue weighted by Gasteiger charge is -2.36. The lowest BCUT2D eigenvalue weighted by molar-refractivity contribution is 0.352. The standard InChI is InChI=1S/C14H24N4/c1-4-10-9-17(2)14(16-10)18(3)13-7-11-5-6-12(8-13)15-11/h9,11-13,15H,4-8H2,1-3H3. The molecule has 18 heavy (non-hydrogen) atoms. The highest BCUT2D eigenvalue weighted by Gasteiger charge is 2.35. The van der Waals surface area contributed by atoms with Gasteiger partial charge >= 0.3 is 0 Å². The minimum absolute atomic E-state index is 0.648. The molecule has 4 heteroatoms. The van der Waals surface area contributed by atoms with Gasteiger partial charge < -0.3 is 14.8 Å². The molecule has 2 atom stereocenters. The molecule has 2 fully saturated rings. The van der Waals surface area contributed by atoms with Crippen LogP contribution >= 0.6 is 0 Å². The van der Waals surface area contributed by atoms with Crippen molar-refractivity contribution in [2.24, 2.45) is 7.05 Å². The molecule has 1 aromatic heterocycles. The Balaban J connectivity index is 1.77. The topological polar surface area (TPSA) is 33.1 Å². The minimum Gasteiger partial charge on any atom is -0.342 e. The second kappa shape index (κ2) is 4.57. The lowest BCUT2D eigenvalue weighted by Crippen LogP contribution is -2.47. The molecule has 2 aliphatic rings. The molecule has 0 aliphatic carbocycles. The van der Waals surface area contributed by atoms with Gasteiger partial charge in [-0.3, -0.25) is 0 Å². The number of fused-ring (bicyclic) bond motifs is 2. The van der Waals surface area contributed by atoms with Gasteiger partial charge in [0.1, 0.15) is 0 Å². The maximum atomic E-state index is 4.74. The molecule has 1 N–H and O–H groups in total. The monoisotopic (exact) mass is 248 g/mol. The summed E-state index contributed by atoms with van der Waals surface area (Å²) in [5.74, 6) is 1.12. The van der Waals surface area contributed by atoms with E-state index in [1.807, 2.05) is 0 Å². The van der Waals surface area contributed by atoms with E-state index in [4.69, 9.17) is 4.98 Å². The van der Waals surface area contributed by atoms with Crippen molar-refractivity contribution in [2.75, 3.05) is 11.9 Å². The van der Waals surface area contributed by atoms with Gasteiger partial charge in [0, 0.05) is 38.4 Å². The Hall–Kier alpha value is -1.03. The molecule has 1 aromatic rings. The van der Waals surface area contributed by atoms with E-state index in [9.17, 15) is 0 Å². The first-order valence-electron chi connectivity index (χ1n) is 7.18. The quantitative estimate of drug-likeness (QED) is 0.884. The number of piperidine rings is 1. The van der Waals surface area contributed by atoms with Crippen LogP contribution in [0.25, 0.3) is 0 Å². The maximum absolute atomic E-state index is 4.74. The van der Waals surface area contributed by atoms with Crippen LogP contribution in [0.3, 0.4) is 0 Å². The van der Waals surface area contributed by atoms with Crippen LogP contribution in [0.1, 0.15) is 38.3 Å². The minimum atomic E-state index is 0.648. The maximum Gasteiger partial charge on any atom is 0.205 e. The van der Waals surface area contributed by atoms with Crippen LogP contribution < -0.4 is 10.2 Å². The third kappa shape index (κ3) is 2.03. The number of hydrogen-bond donors (Lipinski definition) is 1. The summed E-state index contributed by atoms with van der Waals surface area (Å²) in [6, 6.07) is 2.12. The van der Waals surface area contributed by atoms with Crippen LogP contribution in [0.5, 0.6) is 0 Å². The molecule has 100 valence electrons. The zero-order valence-corrected chi connectivity index (χ0v) is 11.7. The van der Waals surface area contributed by atoms with Crippen LogP contribution in [0, 0.1) is 0 Å². The second-order valence-corrected chi connectivity index (χ2v) is 5.87. The van der Waals surface area contributed by atoms with E-state index in [0.29, 0.717) is 6.04 Å². The number of anilines is 1. The molecule has 2 aliphatic heterocycles. The van der Waals surface area contributed by atoms with Crippen LogP contribution in [0.2, 0.25) is 0 Å². The van der Waals surface area contributed by atoms with Crippen molar-refractivity contribution in [3.63, 3.8) is 0 Å². The molecule has 0 aromatic carbocycles. The summed E-state index contributed by atoms with van der Waals surface area (Å²) in [6.45, 7) is 2.16. The van der Waals surface area contributed by atoms with Gasteiger partial charge in [-0.15, -0.1) is 0 Å². The predicted molar refractivity (Wildman–Crippen MR) is 74.0 cm³/mol. The molecule has 0 amide bonds. The third-order valence-corrected chi connectivity index (χ3v) is 4.58. The number of imidazole rings is 1. The molecule has 2 saturated heterocycles. The van der Waals surface area contributed by atoms with E-state index in [0.717, 1.165) is 24.5 Å². The summed E-state index contributed by atoms with van der Waals surface area (Å²) in [4.78, 5) is 7.14. The predicted octanol–water partition coefficient (Wildman–Crippen LogP) is 1.70. The largest absolute Gasteiger partial charge is 0.342 e. The number of hydrogen-bond acceptors (Lipinski definition) is 3. The fraction of sp³-hybridized carbons (Fsp3) is 0.786. The van der Waals surface area contributed by atoms with Crippen molar-refractivity contribution >= 4 is 5.95 Å². The molecule has 2 unspecified atom stereocenters. The Morgan fingerprint density at radius 3 is 2.61 bits per heavy atom. The first kappa shape index (κ1) is 12.0. The van der Waals surface area contributed by atoms with Gasteiger partial charge in [0.15, 0.2) is 0 Å². The van der Waals surface area contributed by atoms with Gasteiger partial charge in [0.25, 0.3) is 0 Å². The Morgan fingerprint density at radius 2 is 2.06 bits per heavy atom. The number of nitrogens with one attached hydrogen (secondary N) is 1. The highest BCUT2D eigenvalue weighted by Crippen LogP contribution is 2.31. The summed E-state index contributed by atoms with van der Waals surface area (Å²) in [5.41, 5.74) is 1.19. The van der Waals surface area contributed by atoms with Crippen LogP contribution in [0.15, 0.2) is 6.20 Å². The Morgan fingerprint density at radius 1 is 1.39 bits per heavy atom. The van der Waals surface area contributed by atoms with Crippen LogP contribution in [-0.4, -0.2) is 34.7 Å². The summed E-state index contributed by atoms with van der Waals surface area (Å²) < 4.78 is 2.17. The van der Waals surface area contributed by atoms with Crippen molar-refractivity contribution in [1.82, 2.24) is 14.9 Å². The Labute approximate surface area is 109 Å². The third-order valence-electron chi connectivity index (χ3n) is 4.58. The molecule has 3 rings (SSSR count). The Bertz CT molecular complexity index is 413. The van der Waals surface area contributed by atoms with Crippen molar-refractivity contribution < 1.29 is 0 Å². The smallest absolute Gasteiger partial charge is 0.205 e.